The minimum Gasteiger partial charge on any atom is -0.452 e. The van der Waals surface area contributed by atoms with Crippen LogP contribution >= 0.6 is 23.4 Å². The molecule has 2 aromatic carbocycles. The molecule has 0 unspecified atom stereocenters. The van der Waals surface area contributed by atoms with Crippen LogP contribution in [0.3, 0.4) is 0 Å². The highest BCUT2D eigenvalue weighted by molar-refractivity contribution is 7.99. The van der Waals surface area contributed by atoms with Gasteiger partial charge in [-0.3, -0.25) is 19.2 Å². The molecule has 3 amide bonds. The lowest BCUT2D eigenvalue weighted by molar-refractivity contribution is -0.148. The van der Waals surface area contributed by atoms with Crippen molar-refractivity contribution in [3.63, 3.8) is 0 Å². The van der Waals surface area contributed by atoms with E-state index in [1.54, 1.807) is 18.2 Å². The number of carbonyl (C=O) groups is 4. The van der Waals surface area contributed by atoms with E-state index in [4.69, 9.17) is 22.1 Å². The molecule has 32 heavy (non-hydrogen) atoms. The molecule has 0 aliphatic carbocycles. The fourth-order valence-corrected chi connectivity index (χ4v) is 5.36. The van der Waals surface area contributed by atoms with Crippen molar-refractivity contribution < 1.29 is 23.9 Å². The number of anilines is 1. The van der Waals surface area contributed by atoms with Crippen LogP contribution in [0.5, 0.6) is 0 Å². The fourth-order valence-electron chi connectivity index (χ4n) is 3.74. The average Bonchev–Trinajstić information content (AvgIpc) is 3.17. The fraction of sp³-hybridized carbons (Fsp3) is 0.273. The number of halogens is 1. The van der Waals surface area contributed by atoms with Gasteiger partial charge in [-0.25, -0.2) is 0 Å². The Morgan fingerprint density at radius 2 is 1.94 bits per heavy atom. The van der Waals surface area contributed by atoms with Crippen molar-refractivity contribution >= 4 is 52.7 Å². The van der Waals surface area contributed by atoms with E-state index in [1.165, 1.54) is 16.7 Å². The Bertz CT molecular complexity index is 1080. The molecule has 4 rings (SSSR count). The summed E-state index contributed by atoms with van der Waals surface area (Å²) in [5.74, 6) is -2.21. The van der Waals surface area contributed by atoms with Gasteiger partial charge in [-0.2, -0.15) is 0 Å². The van der Waals surface area contributed by atoms with Crippen LogP contribution < -0.4 is 16.0 Å². The van der Waals surface area contributed by atoms with Gasteiger partial charge in [-0.15, -0.1) is 11.8 Å². The highest BCUT2D eigenvalue weighted by Crippen LogP contribution is 2.46. The predicted octanol–water partition coefficient (Wildman–Crippen LogP) is 2.20. The molecule has 2 aliphatic rings. The molecule has 10 heteroatoms. The standard InChI is InChI=1S/C22H20ClN3O5S/c23-13-6-7-14-16(10-13)32-20(12-4-2-1-3-5-12)19(22(30)26(14)11-17(24)27)25-21(29)15-8-9-18(28)31-15/h1-7,10,15,19-20H,8-9,11H2,(H2,24,27)(H,25,29)/t15-,19+,20+/m0/s1. The molecule has 2 aliphatic heterocycles. The smallest absolute Gasteiger partial charge is 0.306 e. The molecule has 8 nitrogen and oxygen atoms in total. The van der Waals surface area contributed by atoms with Gasteiger partial charge in [0, 0.05) is 22.8 Å². The van der Waals surface area contributed by atoms with E-state index in [0.717, 1.165) is 5.56 Å². The summed E-state index contributed by atoms with van der Waals surface area (Å²) in [6, 6.07) is 13.2. The number of ether oxygens (including phenoxy) is 1. The molecule has 2 heterocycles. The maximum absolute atomic E-state index is 13.7. The van der Waals surface area contributed by atoms with Crippen LogP contribution in [-0.2, 0) is 23.9 Å². The summed E-state index contributed by atoms with van der Waals surface area (Å²) >= 11 is 7.56. The first-order valence-corrected chi connectivity index (χ1v) is 11.2. The first kappa shape index (κ1) is 22.2. The Balaban J connectivity index is 1.77. The third kappa shape index (κ3) is 4.58. The first-order valence-electron chi connectivity index (χ1n) is 9.94. The van der Waals surface area contributed by atoms with Crippen LogP contribution in [0.2, 0.25) is 5.02 Å². The van der Waals surface area contributed by atoms with Gasteiger partial charge in [0.15, 0.2) is 6.10 Å². The van der Waals surface area contributed by atoms with Crippen molar-refractivity contribution in [3.8, 4) is 0 Å². The largest absolute Gasteiger partial charge is 0.452 e. The van der Waals surface area contributed by atoms with E-state index in [1.807, 2.05) is 30.3 Å². The molecule has 1 fully saturated rings. The Labute approximate surface area is 193 Å². The number of amides is 3. The Hall–Kier alpha value is -3.04. The quantitative estimate of drug-likeness (QED) is 0.642. The van der Waals surface area contributed by atoms with E-state index < -0.39 is 41.1 Å². The van der Waals surface area contributed by atoms with E-state index in [-0.39, 0.29) is 19.4 Å². The Kier molecular flexibility index (Phi) is 6.38. The normalized spacial score (nSPS) is 22.7. The number of rotatable bonds is 5. The third-order valence-corrected chi connectivity index (χ3v) is 6.83. The number of nitrogens with zero attached hydrogens (tertiary/aromatic N) is 1. The summed E-state index contributed by atoms with van der Waals surface area (Å²) in [6.07, 6.45) is -0.567. The molecule has 1 saturated heterocycles. The Morgan fingerprint density at radius 3 is 2.59 bits per heavy atom. The highest BCUT2D eigenvalue weighted by Gasteiger charge is 2.42. The predicted molar refractivity (Wildman–Crippen MR) is 119 cm³/mol. The van der Waals surface area contributed by atoms with Gasteiger partial charge in [0.05, 0.1) is 10.9 Å². The maximum atomic E-state index is 13.7. The number of nitrogens with one attached hydrogen (secondary N) is 1. The van der Waals surface area contributed by atoms with Crippen molar-refractivity contribution in [3.05, 3.63) is 59.1 Å². The van der Waals surface area contributed by atoms with Gasteiger partial charge >= 0.3 is 5.97 Å². The third-order valence-electron chi connectivity index (χ3n) is 5.22. The maximum Gasteiger partial charge on any atom is 0.306 e. The average molecular weight is 474 g/mol. The topological polar surface area (TPSA) is 119 Å². The number of esters is 1. The van der Waals surface area contributed by atoms with Gasteiger partial charge in [-0.05, 0) is 23.8 Å². The van der Waals surface area contributed by atoms with Gasteiger partial charge in [-0.1, -0.05) is 41.9 Å². The van der Waals surface area contributed by atoms with E-state index >= 15 is 0 Å². The van der Waals surface area contributed by atoms with Crippen LogP contribution in [0.1, 0.15) is 23.7 Å². The zero-order chi connectivity index (χ0) is 22.8. The molecular weight excluding hydrogens is 454 g/mol. The van der Waals surface area contributed by atoms with Crippen molar-refractivity contribution in [2.24, 2.45) is 5.73 Å². The number of nitrogens with two attached hydrogens (primary N) is 1. The van der Waals surface area contributed by atoms with Crippen molar-refractivity contribution in [1.29, 1.82) is 0 Å². The summed E-state index contributed by atoms with van der Waals surface area (Å²) in [5.41, 5.74) is 6.70. The minimum absolute atomic E-state index is 0.144. The molecule has 2 aromatic rings. The summed E-state index contributed by atoms with van der Waals surface area (Å²) in [4.78, 5) is 51.7. The summed E-state index contributed by atoms with van der Waals surface area (Å²) in [7, 11) is 0. The van der Waals surface area contributed by atoms with Gasteiger partial charge in [0.25, 0.3) is 11.8 Å². The number of cyclic esters (lactones) is 1. The van der Waals surface area contributed by atoms with E-state index in [9.17, 15) is 19.2 Å². The number of fused-ring (bicyclic) bond motifs is 1. The molecule has 0 bridgehead atoms. The molecule has 0 radical (unpaired) electrons. The number of carbonyl (C=O) groups excluding carboxylic acids is 4. The highest BCUT2D eigenvalue weighted by atomic mass is 35.5. The molecule has 3 N–H and O–H groups in total. The second-order valence-electron chi connectivity index (χ2n) is 7.46. The zero-order valence-corrected chi connectivity index (χ0v) is 18.4. The number of hydrogen-bond acceptors (Lipinski definition) is 6. The second-order valence-corrected chi connectivity index (χ2v) is 9.08. The SMILES string of the molecule is NC(=O)CN1C(=O)[C@H](NC(=O)[C@@H]2CCC(=O)O2)[C@@H](c2ccccc2)Sc2cc(Cl)ccc21. The molecular formula is C22H20ClN3O5S. The molecule has 3 atom stereocenters. The van der Waals surface area contributed by atoms with Crippen LogP contribution in [0.4, 0.5) is 5.69 Å². The zero-order valence-electron chi connectivity index (χ0n) is 16.8. The van der Waals surface area contributed by atoms with E-state index in [0.29, 0.717) is 15.6 Å². The summed E-state index contributed by atoms with van der Waals surface area (Å²) < 4.78 is 5.07. The lowest BCUT2D eigenvalue weighted by Gasteiger charge is -2.28. The summed E-state index contributed by atoms with van der Waals surface area (Å²) in [5, 5.41) is 2.70. The molecule has 0 spiro atoms. The van der Waals surface area contributed by atoms with Gasteiger partial charge in [0.2, 0.25) is 5.91 Å². The lowest BCUT2D eigenvalue weighted by Crippen LogP contribution is -2.54. The summed E-state index contributed by atoms with van der Waals surface area (Å²) in [6.45, 7) is -0.361. The number of primary amides is 1. The van der Waals surface area contributed by atoms with E-state index in [2.05, 4.69) is 5.32 Å². The number of benzene rings is 2. The Morgan fingerprint density at radius 1 is 1.19 bits per heavy atom. The molecule has 0 aromatic heterocycles. The van der Waals surface area contributed by atoms with Crippen molar-refractivity contribution in [1.82, 2.24) is 5.32 Å². The van der Waals surface area contributed by atoms with Gasteiger partial charge < -0.3 is 20.7 Å². The lowest BCUT2D eigenvalue weighted by atomic mass is 10.0. The van der Waals surface area contributed by atoms with Crippen LogP contribution in [0.15, 0.2) is 53.4 Å². The van der Waals surface area contributed by atoms with Crippen LogP contribution in [0.25, 0.3) is 0 Å². The van der Waals surface area contributed by atoms with Crippen LogP contribution in [0, 0.1) is 0 Å². The van der Waals surface area contributed by atoms with Crippen molar-refractivity contribution in [2.75, 3.05) is 11.4 Å². The number of thioether (sulfide) groups is 1. The van der Waals surface area contributed by atoms with Gasteiger partial charge in [0.1, 0.15) is 12.6 Å². The number of hydrogen-bond donors (Lipinski definition) is 2. The second kappa shape index (κ2) is 9.22. The van der Waals surface area contributed by atoms with Crippen molar-refractivity contribution in [2.45, 2.75) is 35.1 Å². The minimum atomic E-state index is -1.04. The van der Waals surface area contributed by atoms with Crippen LogP contribution in [-0.4, -0.2) is 42.4 Å². The molecule has 166 valence electrons. The molecule has 0 saturated carbocycles. The monoisotopic (exact) mass is 473 g/mol. The first-order chi connectivity index (χ1) is 15.3.